The largest absolute Gasteiger partial charge is 0.369 e. The molecule has 1 fully saturated rings. The Morgan fingerprint density at radius 2 is 1.67 bits per heavy atom. The van der Waals surface area contributed by atoms with Gasteiger partial charge in [-0.25, -0.2) is 5.84 Å². The molecule has 0 saturated carbocycles. The molecule has 0 atom stereocenters. The molecule has 0 aliphatic carbocycles. The van der Waals surface area contributed by atoms with Gasteiger partial charge in [0.15, 0.2) is 0 Å². The summed E-state index contributed by atoms with van der Waals surface area (Å²) >= 11 is 0. The molecule has 18 heavy (non-hydrogen) atoms. The maximum absolute atomic E-state index is 11.8. The first kappa shape index (κ1) is 14.9. The SMILES string of the molecule is CC1(C)CC(N(N)C(=O)CC(N)=O)CC(C)(C)N1. The van der Waals surface area contributed by atoms with Gasteiger partial charge in [-0.15, -0.1) is 0 Å². The van der Waals surface area contributed by atoms with Crippen LogP contribution in [-0.2, 0) is 9.59 Å². The number of hydrogen-bond donors (Lipinski definition) is 3. The van der Waals surface area contributed by atoms with E-state index in [0.29, 0.717) is 0 Å². The van der Waals surface area contributed by atoms with Crippen molar-refractivity contribution in [2.75, 3.05) is 0 Å². The van der Waals surface area contributed by atoms with Crippen molar-refractivity contribution in [1.82, 2.24) is 10.3 Å². The number of carbonyl (C=O) groups is 2. The van der Waals surface area contributed by atoms with Crippen molar-refractivity contribution in [2.45, 2.75) is 64.1 Å². The van der Waals surface area contributed by atoms with Crippen LogP contribution in [0.5, 0.6) is 0 Å². The lowest BCUT2D eigenvalue weighted by atomic mass is 9.79. The number of amides is 2. The number of nitrogens with zero attached hydrogens (tertiary/aromatic N) is 1. The predicted molar refractivity (Wildman–Crippen MR) is 69.2 cm³/mol. The lowest BCUT2D eigenvalue weighted by Gasteiger charge is -2.48. The van der Waals surface area contributed by atoms with Gasteiger partial charge in [0, 0.05) is 11.1 Å². The first-order chi connectivity index (χ1) is 8.02. The van der Waals surface area contributed by atoms with E-state index in [1.54, 1.807) is 0 Å². The summed E-state index contributed by atoms with van der Waals surface area (Å²) in [4.78, 5) is 22.5. The smallest absolute Gasteiger partial charge is 0.246 e. The van der Waals surface area contributed by atoms with Gasteiger partial charge >= 0.3 is 0 Å². The first-order valence-electron chi connectivity index (χ1n) is 6.17. The summed E-state index contributed by atoms with van der Waals surface area (Å²) in [5.74, 6) is 4.76. The molecule has 0 unspecified atom stereocenters. The zero-order valence-corrected chi connectivity index (χ0v) is 11.6. The fourth-order valence-electron chi connectivity index (χ4n) is 2.91. The minimum atomic E-state index is -0.650. The van der Waals surface area contributed by atoms with E-state index in [-0.39, 0.29) is 23.5 Å². The molecule has 0 aromatic rings. The molecule has 5 N–H and O–H groups in total. The Morgan fingerprint density at radius 3 is 2.06 bits per heavy atom. The van der Waals surface area contributed by atoms with Crippen LogP contribution in [0.15, 0.2) is 0 Å². The fraction of sp³-hybridized carbons (Fsp3) is 0.833. The van der Waals surface area contributed by atoms with Gasteiger partial charge in [-0.05, 0) is 40.5 Å². The highest BCUT2D eigenvalue weighted by atomic mass is 16.2. The number of rotatable bonds is 3. The molecule has 1 rings (SSSR count). The van der Waals surface area contributed by atoms with E-state index >= 15 is 0 Å². The average Bonchev–Trinajstić information content (AvgIpc) is 2.10. The molecule has 0 bridgehead atoms. The number of nitrogens with one attached hydrogen (secondary N) is 1. The van der Waals surface area contributed by atoms with Crippen molar-refractivity contribution in [3.8, 4) is 0 Å². The van der Waals surface area contributed by atoms with Crippen LogP contribution in [0.25, 0.3) is 0 Å². The number of hydrazine groups is 1. The van der Waals surface area contributed by atoms with E-state index in [1.165, 1.54) is 5.01 Å². The van der Waals surface area contributed by atoms with Crippen molar-refractivity contribution in [3.05, 3.63) is 0 Å². The quantitative estimate of drug-likeness (QED) is 0.283. The molecule has 6 nitrogen and oxygen atoms in total. The molecule has 0 aromatic heterocycles. The van der Waals surface area contributed by atoms with E-state index in [1.807, 2.05) is 0 Å². The Labute approximate surface area is 108 Å². The van der Waals surface area contributed by atoms with E-state index in [9.17, 15) is 9.59 Å². The number of hydrogen-bond acceptors (Lipinski definition) is 4. The Kier molecular flexibility index (Phi) is 4.02. The van der Waals surface area contributed by atoms with Crippen LogP contribution in [0.4, 0.5) is 0 Å². The zero-order chi connectivity index (χ0) is 14.1. The molecule has 1 aliphatic rings. The zero-order valence-electron chi connectivity index (χ0n) is 11.6. The van der Waals surface area contributed by atoms with Crippen LogP contribution >= 0.6 is 0 Å². The maximum Gasteiger partial charge on any atom is 0.246 e. The summed E-state index contributed by atoms with van der Waals surface area (Å²) in [5.41, 5.74) is 4.81. The van der Waals surface area contributed by atoms with Gasteiger partial charge in [-0.3, -0.25) is 14.6 Å². The third-order valence-corrected chi connectivity index (χ3v) is 3.18. The van der Waals surface area contributed by atoms with E-state index in [4.69, 9.17) is 11.6 Å². The summed E-state index contributed by atoms with van der Waals surface area (Å²) < 4.78 is 0. The molecular formula is C12H24N4O2. The standard InChI is InChI=1S/C12H24N4O2/c1-11(2)6-8(7-12(3,4)15-11)16(14)10(18)5-9(13)17/h8,15H,5-7,14H2,1-4H3,(H2,13,17). The van der Waals surface area contributed by atoms with Crippen molar-refractivity contribution in [1.29, 1.82) is 0 Å². The van der Waals surface area contributed by atoms with Crippen molar-refractivity contribution in [2.24, 2.45) is 11.6 Å². The molecule has 2 amide bonds. The Balaban J connectivity index is 2.76. The summed E-state index contributed by atoms with van der Waals surface area (Å²) in [6.45, 7) is 8.31. The van der Waals surface area contributed by atoms with Crippen LogP contribution in [0, 0.1) is 0 Å². The molecule has 6 heteroatoms. The molecule has 104 valence electrons. The van der Waals surface area contributed by atoms with Crippen LogP contribution in [-0.4, -0.2) is 33.9 Å². The van der Waals surface area contributed by atoms with Gasteiger partial charge in [-0.1, -0.05) is 0 Å². The molecule has 1 saturated heterocycles. The third-order valence-electron chi connectivity index (χ3n) is 3.18. The topological polar surface area (TPSA) is 101 Å². The van der Waals surface area contributed by atoms with Gasteiger partial charge in [0.05, 0.1) is 6.04 Å². The van der Waals surface area contributed by atoms with Gasteiger partial charge in [-0.2, -0.15) is 0 Å². The molecule has 0 spiro atoms. The lowest BCUT2D eigenvalue weighted by Crippen LogP contribution is -2.64. The highest BCUT2D eigenvalue weighted by Gasteiger charge is 2.40. The Hall–Kier alpha value is -1.14. The highest BCUT2D eigenvalue weighted by Crippen LogP contribution is 2.30. The number of piperidine rings is 1. The number of primary amides is 1. The van der Waals surface area contributed by atoms with Gasteiger partial charge in [0.25, 0.3) is 0 Å². The van der Waals surface area contributed by atoms with E-state index < -0.39 is 11.8 Å². The van der Waals surface area contributed by atoms with E-state index in [0.717, 1.165) is 12.8 Å². The predicted octanol–water partition coefficient (Wildman–Crippen LogP) is -0.127. The van der Waals surface area contributed by atoms with Crippen molar-refractivity contribution < 1.29 is 9.59 Å². The maximum atomic E-state index is 11.8. The fourth-order valence-corrected chi connectivity index (χ4v) is 2.91. The van der Waals surface area contributed by atoms with Crippen LogP contribution in [0.1, 0.15) is 47.0 Å². The second kappa shape index (κ2) is 4.85. The number of nitrogens with two attached hydrogens (primary N) is 2. The van der Waals surface area contributed by atoms with Crippen molar-refractivity contribution in [3.63, 3.8) is 0 Å². The number of carbonyl (C=O) groups excluding carboxylic acids is 2. The average molecular weight is 256 g/mol. The minimum absolute atomic E-state index is 0.0805. The third kappa shape index (κ3) is 3.96. The molecule has 1 heterocycles. The van der Waals surface area contributed by atoms with Crippen molar-refractivity contribution >= 4 is 11.8 Å². The molecule has 0 radical (unpaired) electrons. The van der Waals surface area contributed by atoms with Crippen LogP contribution in [0.2, 0.25) is 0 Å². The Bertz CT molecular complexity index is 336. The summed E-state index contributed by atoms with van der Waals surface area (Å²) in [6, 6.07) is -0.0805. The Morgan fingerprint density at radius 1 is 1.22 bits per heavy atom. The summed E-state index contributed by atoms with van der Waals surface area (Å²) in [5, 5.41) is 4.69. The summed E-state index contributed by atoms with van der Waals surface area (Å²) in [6.07, 6.45) is 1.16. The monoisotopic (exact) mass is 256 g/mol. The molecule has 0 aromatic carbocycles. The second-order valence-electron chi connectivity index (χ2n) is 6.40. The van der Waals surface area contributed by atoms with Crippen LogP contribution in [0.3, 0.4) is 0 Å². The normalized spacial score (nSPS) is 22.5. The van der Waals surface area contributed by atoms with Gasteiger partial charge < -0.3 is 11.1 Å². The van der Waals surface area contributed by atoms with E-state index in [2.05, 4.69) is 33.0 Å². The first-order valence-corrected chi connectivity index (χ1v) is 6.17. The van der Waals surface area contributed by atoms with Crippen LogP contribution < -0.4 is 16.9 Å². The second-order valence-corrected chi connectivity index (χ2v) is 6.40. The van der Waals surface area contributed by atoms with Gasteiger partial charge in [0.1, 0.15) is 6.42 Å². The minimum Gasteiger partial charge on any atom is -0.369 e. The van der Waals surface area contributed by atoms with Gasteiger partial charge in [0.2, 0.25) is 11.8 Å². The molecule has 1 aliphatic heterocycles. The molecular weight excluding hydrogens is 232 g/mol. The summed E-state index contributed by atoms with van der Waals surface area (Å²) in [7, 11) is 0. The lowest BCUT2D eigenvalue weighted by molar-refractivity contribution is -0.138. The highest BCUT2D eigenvalue weighted by molar-refractivity contribution is 5.95.